The normalized spacial score (nSPS) is 11.1. The zero-order valence-electron chi connectivity index (χ0n) is 8.93. The van der Waals surface area contributed by atoms with Crippen LogP contribution >= 0.6 is 12.2 Å². The molecule has 0 fully saturated rings. The van der Waals surface area contributed by atoms with Crippen molar-refractivity contribution in [3.63, 3.8) is 0 Å². The topological polar surface area (TPSA) is 52.7 Å². The molecule has 3 N–H and O–H groups in total. The summed E-state index contributed by atoms with van der Waals surface area (Å²) < 4.78 is 0. The van der Waals surface area contributed by atoms with Crippen LogP contribution in [0.25, 0.3) is 0 Å². The number of anilines is 1. The largest absolute Gasteiger partial charge is 0.358 e. The molecule has 14 heavy (non-hydrogen) atoms. The summed E-state index contributed by atoms with van der Waals surface area (Å²) in [5, 5.41) is 13.6. The van der Waals surface area contributed by atoms with Crippen molar-refractivity contribution in [3.05, 3.63) is 11.8 Å². The van der Waals surface area contributed by atoms with E-state index in [0.29, 0.717) is 5.11 Å². The Balaban J connectivity index is 2.54. The molecule has 0 radical (unpaired) electrons. The molecule has 5 heteroatoms. The summed E-state index contributed by atoms with van der Waals surface area (Å²) in [5.41, 5.74) is 1.01. The Morgan fingerprint density at radius 2 is 2.14 bits per heavy atom. The maximum Gasteiger partial charge on any atom is 0.172 e. The molecule has 1 aromatic heterocycles. The average molecular weight is 212 g/mol. The molecule has 0 amide bonds. The van der Waals surface area contributed by atoms with Gasteiger partial charge in [-0.2, -0.15) is 5.10 Å². The van der Waals surface area contributed by atoms with Gasteiger partial charge in [0, 0.05) is 17.3 Å². The number of aromatic nitrogens is 2. The molecule has 0 aliphatic heterocycles. The molecule has 0 spiro atoms. The standard InChI is InChI=1S/C9H16N4S/c1-6-5-10-13-7(6)11-8(14)12-9(2,3)4/h5H,1-4H3,(H3,10,11,12,13,14). The van der Waals surface area contributed by atoms with Gasteiger partial charge in [0.25, 0.3) is 0 Å². The van der Waals surface area contributed by atoms with Crippen LogP contribution in [-0.4, -0.2) is 20.8 Å². The smallest absolute Gasteiger partial charge is 0.172 e. The Kier molecular flexibility index (Phi) is 3.10. The van der Waals surface area contributed by atoms with E-state index >= 15 is 0 Å². The zero-order valence-corrected chi connectivity index (χ0v) is 9.75. The van der Waals surface area contributed by atoms with Crippen LogP contribution in [0.2, 0.25) is 0 Å². The Morgan fingerprint density at radius 1 is 1.50 bits per heavy atom. The van der Waals surface area contributed by atoms with Crippen molar-refractivity contribution >= 4 is 23.1 Å². The van der Waals surface area contributed by atoms with Gasteiger partial charge >= 0.3 is 0 Å². The Labute approximate surface area is 89.5 Å². The third-order valence-electron chi connectivity index (χ3n) is 1.55. The maximum atomic E-state index is 5.13. The van der Waals surface area contributed by atoms with Crippen molar-refractivity contribution in [1.29, 1.82) is 0 Å². The first-order valence-corrected chi connectivity index (χ1v) is 4.89. The van der Waals surface area contributed by atoms with Crippen LogP contribution in [0.5, 0.6) is 0 Å². The highest BCUT2D eigenvalue weighted by Gasteiger charge is 2.12. The van der Waals surface area contributed by atoms with Crippen LogP contribution in [-0.2, 0) is 0 Å². The van der Waals surface area contributed by atoms with E-state index in [9.17, 15) is 0 Å². The SMILES string of the molecule is Cc1c[nH]nc1NC(=S)NC(C)(C)C. The number of hydrogen-bond acceptors (Lipinski definition) is 2. The highest BCUT2D eigenvalue weighted by molar-refractivity contribution is 7.80. The Hall–Kier alpha value is -1.10. The monoisotopic (exact) mass is 212 g/mol. The minimum Gasteiger partial charge on any atom is -0.358 e. The van der Waals surface area contributed by atoms with Gasteiger partial charge in [-0.05, 0) is 39.9 Å². The molecular weight excluding hydrogens is 196 g/mol. The van der Waals surface area contributed by atoms with E-state index in [2.05, 4.69) is 41.6 Å². The molecule has 1 rings (SSSR count). The first-order valence-electron chi connectivity index (χ1n) is 4.48. The summed E-state index contributed by atoms with van der Waals surface area (Å²) >= 11 is 5.13. The van der Waals surface area contributed by atoms with E-state index in [0.717, 1.165) is 11.4 Å². The van der Waals surface area contributed by atoms with Crippen molar-refractivity contribution in [2.75, 3.05) is 5.32 Å². The number of H-pyrrole nitrogens is 1. The Morgan fingerprint density at radius 3 is 2.57 bits per heavy atom. The number of aryl methyl sites for hydroxylation is 1. The molecular formula is C9H16N4S. The molecule has 0 saturated heterocycles. The lowest BCUT2D eigenvalue weighted by atomic mass is 10.1. The fourth-order valence-electron chi connectivity index (χ4n) is 0.956. The van der Waals surface area contributed by atoms with Gasteiger partial charge in [0.1, 0.15) is 0 Å². The average Bonchev–Trinajstić information content (AvgIpc) is 2.32. The second-order valence-electron chi connectivity index (χ2n) is 4.25. The second kappa shape index (κ2) is 3.96. The van der Waals surface area contributed by atoms with E-state index < -0.39 is 0 Å². The third kappa shape index (κ3) is 3.33. The Bertz CT molecular complexity index is 324. The minimum absolute atomic E-state index is 0.0334. The van der Waals surface area contributed by atoms with E-state index in [1.165, 1.54) is 0 Å². The lowest BCUT2D eigenvalue weighted by molar-refractivity contribution is 0.514. The van der Waals surface area contributed by atoms with Crippen LogP contribution in [0, 0.1) is 6.92 Å². The molecule has 0 bridgehead atoms. The molecule has 0 saturated carbocycles. The van der Waals surface area contributed by atoms with E-state index in [4.69, 9.17) is 12.2 Å². The van der Waals surface area contributed by atoms with Crippen molar-refractivity contribution < 1.29 is 0 Å². The maximum absolute atomic E-state index is 5.13. The van der Waals surface area contributed by atoms with Gasteiger partial charge in [-0.15, -0.1) is 0 Å². The molecule has 0 atom stereocenters. The van der Waals surface area contributed by atoms with Crippen molar-refractivity contribution in [1.82, 2.24) is 15.5 Å². The summed E-state index contributed by atoms with van der Waals surface area (Å²) in [6.45, 7) is 8.13. The number of nitrogens with zero attached hydrogens (tertiary/aromatic N) is 1. The van der Waals surface area contributed by atoms with Crippen molar-refractivity contribution in [2.24, 2.45) is 0 Å². The van der Waals surface area contributed by atoms with Crippen molar-refractivity contribution in [3.8, 4) is 0 Å². The van der Waals surface area contributed by atoms with Gasteiger partial charge in [0.05, 0.1) is 0 Å². The highest BCUT2D eigenvalue weighted by atomic mass is 32.1. The van der Waals surface area contributed by atoms with Crippen LogP contribution in [0.3, 0.4) is 0 Å². The molecule has 78 valence electrons. The van der Waals surface area contributed by atoms with Crippen LogP contribution in [0.1, 0.15) is 26.3 Å². The number of hydrogen-bond donors (Lipinski definition) is 3. The fourth-order valence-corrected chi connectivity index (χ4v) is 1.36. The number of rotatable bonds is 1. The highest BCUT2D eigenvalue weighted by Crippen LogP contribution is 2.08. The van der Waals surface area contributed by atoms with Crippen LogP contribution < -0.4 is 10.6 Å². The van der Waals surface area contributed by atoms with E-state index in [1.54, 1.807) is 0 Å². The number of thiocarbonyl (C=S) groups is 1. The van der Waals surface area contributed by atoms with Crippen LogP contribution in [0.15, 0.2) is 6.20 Å². The predicted octanol–water partition coefficient (Wildman–Crippen LogP) is 1.80. The van der Waals surface area contributed by atoms with Gasteiger partial charge in [0.2, 0.25) is 0 Å². The molecule has 0 aromatic carbocycles. The molecule has 0 unspecified atom stereocenters. The summed E-state index contributed by atoms with van der Waals surface area (Å²) in [5.74, 6) is 0.770. The molecule has 0 aliphatic rings. The molecule has 4 nitrogen and oxygen atoms in total. The number of aromatic amines is 1. The number of nitrogens with one attached hydrogen (secondary N) is 3. The zero-order chi connectivity index (χ0) is 10.8. The summed E-state index contributed by atoms with van der Waals surface area (Å²) in [7, 11) is 0. The fraction of sp³-hybridized carbons (Fsp3) is 0.556. The van der Waals surface area contributed by atoms with Gasteiger partial charge < -0.3 is 10.6 Å². The third-order valence-corrected chi connectivity index (χ3v) is 1.76. The molecule has 1 aromatic rings. The van der Waals surface area contributed by atoms with E-state index in [1.807, 2.05) is 13.1 Å². The quantitative estimate of drug-likeness (QED) is 0.621. The van der Waals surface area contributed by atoms with E-state index in [-0.39, 0.29) is 5.54 Å². The van der Waals surface area contributed by atoms with Crippen LogP contribution in [0.4, 0.5) is 5.82 Å². The molecule has 1 heterocycles. The van der Waals surface area contributed by atoms with Gasteiger partial charge in [-0.1, -0.05) is 0 Å². The first kappa shape index (κ1) is 11.0. The summed E-state index contributed by atoms with van der Waals surface area (Å²) in [6, 6.07) is 0. The van der Waals surface area contributed by atoms with Gasteiger partial charge in [-0.3, -0.25) is 5.10 Å². The lowest BCUT2D eigenvalue weighted by Gasteiger charge is -2.22. The second-order valence-corrected chi connectivity index (χ2v) is 4.65. The predicted molar refractivity (Wildman–Crippen MR) is 62.4 cm³/mol. The first-order chi connectivity index (χ1) is 6.38. The van der Waals surface area contributed by atoms with Gasteiger partial charge in [0.15, 0.2) is 10.9 Å². The summed E-state index contributed by atoms with van der Waals surface area (Å²) in [4.78, 5) is 0. The minimum atomic E-state index is -0.0334. The molecule has 0 aliphatic carbocycles. The lowest BCUT2D eigenvalue weighted by Crippen LogP contribution is -2.43. The van der Waals surface area contributed by atoms with Gasteiger partial charge in [-0.25, -0.2) is 0 Å². The summed E-state index contributed by atoms with van der Waals surface area (Å²) in [6.07, 6.45) is 1.82. The van der Waals surface area contributed by atoms with Crippen molar-refractivity contribution in [2.45, 2.75) is 33.2 Å².